The molecule has 2 heterocycles. The molecule has 0 spiro atoms. The van der Waals surface area contributed by atoms with Gasteiger partial charge in [-0.25, -0.2) is 4.99 Å². The van der Waals surface area contributed by atoms with Crippen molar-refractivity contribution in [3.63, 3.8) is 0 Å². The van der Waals surface area contributed by atoms with Gasteiger partial charge in [0.05, 0.1) is 18.8 Å². The zero-order chi connectivity index (χ0) is 21.4. The lowest BCUT2D eigenvalue weighted by molar-refractivity contribution is -0.130. The van der Waals surface area contributed by atoms with Gasteiger partial charge in [-0.15, -0.1) is 0 Å². The van der Waals surface area contributed by atoms with Crippen LogP contribution in [-0.4, -0.2) is 91.4 Å². The molecule has 2 aliphatic rings. The molecule has 0 aromatic heterocycles. The standard InChI is InChI=1S/C22H35N5O3/c1-3-23-21(25-16-22(2,29)17-26-10-12-30-13-11-26)24-14-20(28)27-9-8-18-6-4-5-7-19(18)15-27/h4-7,29H,3,8-17H2,1-2H3,(H2,23,24,25). The number of amides is 1. The topological polar surface area (TPSA) is 89.4 Å². The summed E-state index contributed by atoms with van der Waals surface area (Å²) in [5.74, 6) is 0.562. The molecule has 1 amide bonds. The van der Waals surface area contributed by atoms with Crippen LogP contribution < -0.4 is 10.6 Å². The van der Waals surface area contributed by atoms with Crippen LogP contribution in [0.4, 0.5) is 0 Å². The molecule has 1 atom stereocenters. The van der Waals surface area contributed by atoms with Crippen LogP contribution in [-0.2, 0) is 22.5 Å². The number of aliphatic hydroxyl groups is 1. The van der Waals surface area contributed by atoms with Crippen LogP contribution >= 0.6 is 0 Å². The highest BCUT2D eigenvalue weighted by Crippen LogP contribution is 2.18. The molecular weight excluding hydrogens is 382 g/mol. The number of carbonyl (C=O) groups is 1. The molecule has 8 heteroatoms. The number of carbonyl (C=O) groups excluding carboxylic acids is 1. The Morgan fingerprint density at radius 1 is 1.20 bits per heavy atom. The van der Waals surface area contributed by atoms with Crippen LogP contribution in [0.1, 0.15) is 25.0 Å². The summed E-state index contributed by atoms with van der Waals surface area (Å²) in [6.07, 6.45) is 0.883. The third-order valence-corrected chi connectivity index (χ3v) is 5.50. The van der Waals surface area contributed by atoms with E-state index in [1.54, 1.807) is 0 Å². The summed E-state index contributed by atoms with van der Waals surface area (Å²) in [5.41, 5.74) is 1.63. The van der Waals surface area contributed by atoms with E-state index in [0.717, 1.165) is 26.1 Å². The van der Waals surface area contributed by atoms with Crippen molar-refractivity contribution < 1.29 is 14.6 Å². The average Bonchev–Trinajstić information content (AvgIpc) is 2.75. The summed E-state index contributed by atoms with van der Waals surface area (Å²) in [6.45, 7) is 9.92. The van der Waals surface area contributed by atoms with Crippen molar-refractivity contribution in [1.82, 2.24) is 20.4 Å². The molecule has 1 saturated heterocycles. The van der Waals surface area contributed by atoms with E-state index in [1.165, 1.54) is 11.1 Å². The number of aliphatic imine (C=N–C) groups is 1. The van der Waals surface area contributed by atoms with E-state index in [-0.39, 0.29) is 12.5 Å². The number of nitrogens with one attached hydrogen (secondary N) is 2. The van der Waals surface area contributed by atoms with Gasteiger partial charge in [-0.1, -0.05) is 24.3 Å². The summed E-state index contributed by atoms with van der Waals surface area (Å²) in [6, 6.07) is 8.27. The van der Waals surface area contributed by atoms with E-state index in [2.05, 4.69) is 32.7 Å². The predicted molar refractivity (Wildman–Crippen MR) is 117 cm³/mol. The maximum absolute atomic E-state index is 12.7. The Morgan fingerprint density at radius 2 is 1.93 bits per heavy atom. The Labute approximate surface area is 179 Å². The van der Waals surface area contributed by atoms with Gasteiger partial charge >= 0.3 is 0 Å². The quantitative estimate of drug-likeness (QED) is 0.434. The van der Waals surface area contributed by atoms with Gasteiger partial charge in [0.25, 0.3) is 0 Å². The zero-order valence-corrected chi connectivity index (χ0v) is 18.2. The largest absolute Gasteiger partial charge is 0.387 e. The minimum absolute atomic E-state index is 0.0155. The number of benzene rings is 1. The lowest BCUT2D eigenvalue weighted by Gasteiger charge is -2.34. The summed E-state index contributed by atoms with van der Waals surface area (Å²) in [5, 5.41) is 17.1. The highest BCUT2D eigenvalue weighted by atomic mass is 16.5. The number of morpholine rings is 1. The first kappa shape index (κ1) is 22.5. The fourth-order valence-corrected chi connectivity index (χ4v) is 3.87. The number of hydrogen-bond donors (Lipinski definition) is 3. The second-order valence-corrected chi connectivity index (χ2v) is 8.27. The first-order valence-corrected chi connectivity index (χ1v) is 10.9. The summed E-state index contributed by atoms with van der Waals surface area (Å²) >= 11 is 0. The van der Waals surface area contributed by atoms with Crippen LogP contribution in [0.3, 0.4) is 0 Å². The van der Waals surface area contributed by atoms with Gasteiger partial charge in [0, 0.05) is 45.8 Å². The minimum Gasteiger partial charge on any atom is -0.387 e. The molecule has 1 aromatic rings. The SMILES string of the molecule is CCNC(=NCC(=O)N1CCc2ccccc2C1)NCC(C)(O)CN1CCOCC1. The van der Waals surface area contributed by atoms with Gasteiger partial charge in [-0.2, -0.15) is 0 Å². The van der Waals surface area contributed by atoms with E-state index in [4.69, 9.17) is 4.74 Å². The smallest absolute Gasteiger partial charge is 0.244 e. The number of β-amino-alcohol motifs (C(OH)–C–C–N with tert-alkyl or cyclic N) is 1. The molecule has 166 valence electrons. The first-order chi connectivity index (χ1) is 14.5. The molecule has 0 saturated carbocycles. The van der Waals surface area contributed by atoms with Gasteiger partial charge in [-0.3, -0.25) is 9.69 Å². The highest BCUT2D eigenvalue weighted by Gasteiger charge is 2.26. The second kappa shape index (κ2) is 10.7. The van der Waals surface area contributed by atoms with E-state index >= 15 is 0 Å². The van der Waals surface area contributed by atoms with Crippen molar-refractivity contribution in [1.29, 1.82) is 0 Å². The van der Waals surface area contributed by atoms with Crippen LogP contribution in [0.5, 0.6) is 0 Å². The van der Waals surface area contributed by atoms with Crippen LogP contribution in [0.15, 0.2) is 29.3 Å². The van der Waals surface area contributed by atoms with Crippen LogP contribution in [0, 0.1) is 0 Å². The fourth-order valence-electron chi connectivity index (χ4n) is 3.87. The minimum atomic E-state index is -0.909. The normalized spacial score (nSPS) is 19.7. The maximum atomic E-state index is 12.7. The van der Waals surface area contributed by atoms with Gasteiger partial charge in [-0.05, 0) is 31.4 Å². The van der Waals surface area contributed by atoms with Crippen molar-refractivity contribution in [2.75, 3.05) is 59.0 Å². The lowest BCUT2D eigenvalue weighted by Crippen LogP contribution is -2.53. The monoisotopic (exact) mass is 417 g/mol. The molecule has 1 fully saturated rings. The Bertz CT molecular complexity index is 731. The number of nitrogens with zero attached hydrogens (tertiary/aromatic N) is 3. The van der Waals surface area contributed by atoms with Crippen molar-refractivity contribution in [3.8, 4) is 0 Å². The summed E-state index contributed by atoms with van der Waals surface area (Å²) in [4.78, 5) is 21.2. The predicted octanol–water partition coefficient (Wildman–Crippen LogP) is 0.210. The summed E-state index contributed by atoms with van der Waals surface area (Å²) < 4.78 is 5.36. The third-order valence-electron chi connectivity index (χ3n) is 5.50. The third kappa shape index (κ3) is 6.68. The molecule has 1 aromatic carbocycles. The Morgan fingerprint density at radius 3 is 2.67 bits per heavy atom. The Balaban J connectivity index is 1.50. The van der Waals surface area contributed by atoms with E-state index in [1.807, 2.05) is 30.9 Å². The molecule has 3 N–H and O–H groups in total. The number of hydrogen-bond acceptors (Lipinski definition) is 5. The number of fused-ring (bicyclic) bond motifs is 1. The maximum Gasteiger partial charge on any atom is 0.244 e. The van der Waals surface area contributed by atoms with Crippen LogP contribution in [0.25, 0.3) is 0 Å². The van der Waals surface area contributed by atoms with Crippen molar-refractivity contribution in [2.45, 2.75) is 32.4 Å². The molecule has 0 bridgehead atoms. The number of rotatable bonds is 7. The van der Waals surface area contributed by atoms with Crippen molar-refractivity contribution in [3.05, 3.63) is 35.4 Å². The summed E-state index contributed by atoms with van der Waals surface area (Å²) in [7, 11) is 0. The van der Waals surface area contributed by atoms with E-state index in [9.17, 15) is 9.90 Å². The molecule has 2 aliphatic heterocycles. The first-order valence-electron chi connectivity index (χ1n) is 10.9. The van der Waals surface area contributed by atoms with E-state index in [0.29, 0.717) is 45.4 Å². The van der Waals surface area contributed by atoms with E-state index < -0.39 is 5.60 Å². The number of guanidine groups is 1. The molecular formula is C22H35N5O3. The van der Waals surface area contributed by atoms with Gasteiger partial charge in [0.15, 0.2) is 5.96 Å². The Kier molecular flexibility index (Phi) is 8.07. The van der Waals surface area contributed by atoms with Crippen molar-refractivity contribution in [2.24, 2.45) is 4.99 Å². The number of ether oxygens (including phenoxy) is 1. The highest BCUT2D eigenvalue weighted by molar-refractivity contribution is 5.85. The lowest BCUT2D eigenvalue weighted by atomic mass is 10.00. The average molecular weight is 418 g/mol. The molecule has 1 unspecified atom stereocenters. The fraction of sp³-hybridized carbons (Fsp3) is 0.636. The molecule has 8 nitrogen and oxygen atoms in total. The zero-order valence-electron chi connectivity index (χ0n) is 18.2. The van der Waals surface area contributed by atoms with Gasteiger partial charge in [0.2, 0.25) is 5.91 Å². The van der Waals surface area contributed by atoms with Gasteiger partial charge < -0.3 is 25.4 Å². The molecule has 0 aliphatic carbocycles. The van der Waals surface area contributed by atoms with Gasteiger partial charge in [0.1, 0.15) is 6.54 Å². The second-order valence-electron chi connectivity index (χ2n) is 8.27. The van der Waals surface area contributed by atoms with Crippen molar-refractivity contribution >= 4 is 11.9 Å². The Hall–Kier alpha value is -2.16. The molecule has 30 heavy (non-hydrogen) atoms. The van der Waals surface area contributed by atoms with Crippen LogP contribution in [0.2, 0.25) is 0 Å². The molecule has 0 radical (unpaired) electrons. The molecule has 3 rings (SSSR count).